The molecule has 4 heteroatoms. The molecule has 3 nitrogen and oxygen atoms in total. The molecule has 0 saturated heterocycles. The van der Waals surface area contributed by atoms with Crippen LogP contribution in [0.25, 0.3) is 0 Å². The third-order valence-electron chi connectivity index (χ3n) is 2.01. The number of rotatable bonds is 4. The van der Waals surface area contributed by atoms with E-state index >= 15 is 0 Å². The fourth-order valence-electron chi connectivity index (χ4n) is 1.36. The van der Waals surface area contributed by atoms with Gasteiger partial charge in [-0.2, -0.15) is 0 Å². The molecule has 1 atom stereocenters. The van der Waals surface area contributed by atoms with Gasteiger partial charge < -0.3 is 15.6 Å². The number of aryl methyl sites for hydroxylation is 1. The van der Waals surface area contributed by atoms with Crippen LogP contribution in [0.5, 0.6) is 5.75 Å². The van der Waals surface area contributed by atoms with Crippen molar-refractivity contribution in [3.63, 3.8) is 0 Å². The second-order valence-corrected chi connectivity index (χ2v) is 4.49. The lowest BCUT2D eigenvalue weighted by Gasteiger charge is -2.15. The Morgan fingerprint density at radius 2 is 2.20 bits per heavy atom. The van der Waals surface area contributed by atoms with E-state index in [2.05, 4.69) is 15.9 Å². The molecule has 1 aromatic carbocycles. The minimum absolute atomic E-state index is 0.287. The van der Waals surface area contributed by atoms with E-state index in [1.165, 1.54) is 0 Å². The first-order valence-corrected chi connectivity index (χ1v) is 5.64. The number of hydrogen-bond acceptors (Lipinski definition) is 3. The summed E-state index contributed by atoms with van der Waals surface area (Å²) in [6.07, 6.45) is -0.473. The van der Waals surface area contributed by atoms with E-state index in [4.69, 9.17) is 15.6 Å². The molecule has 0 heterocycles. The Labute approximate surface area is 98.4 Å². The van der Waals surface area contributed by atoms with Crippen LogP contribution in [0.2, 0.25) is 0 Å². The molecule has 15 heavy (non-hydrogen) atoms. The van der Waals surface area contributed by atoms with Gasteiger partial charge in [0.15, 0.2) is 0 Å². The van der Waals surface area contributed by atoms with E-state index in [-0.39, 0.29) is 6.61 Å². The summed E-state index contributed by atoms with van der Waals surface area (Å²) in [6.45, 7) is 4.36. The van der Waals surface area contributed by atoms with Crippen molar-refractivity contribution in [2.45, 2.75) is 26.5 Å². The quantitative estimate of drug-likeness (QED) is 0.882. The molecule has 0 bridgehead atoms. The lowest BCUT2D eigenvalue weighted by molar-refractivity contribution is 0.121. The molecule has 0 fully saturated rings. The van der Waals surface area contributed by atoms with E-state index in [1.807, 2.05) is 19.1 Å². The number of aliphatic hydroxyl groups excluding tert-OH is 1. The Hall–Kier alpha value is -0.580. The van der Waals surface area contributed by atoms with E-state index < -0.39 is 6.10 Å². The first-order chi connectivity index (χ1) is 7.04. The SMILES string of the molecule is Cc1cc(Br)cc(CN)c1OCC(C)O. The van der Waals surface area contributed by atoms with Crippen molar-refractivity contribution >= 4 is 15.9 Å². The summed E-state index contributed by atoms with van der Waals surface area (Å²) in [4.78, 5) is 0. The van der Waals surface area contributed by atoms with Crippen molar-refractivity contribution in [2.75, 3.05) is 6.61 Å². The minimum Gasteiger partial charge on any atom is -0.490 e. The first kappa shape index (κ1) is 12.5. The van der Waals surface area contributed by atoms with Crippen LogP contribution in [0.15, 0.2) is 16.6 Å². The van der Waals surface area contributed by atoms with Crippen molar-refractivity contribution in [2.24, 2.45) is 5.73 Å². The van der Waals surface area contributed by atoms with Gasteiger partial charge in [-0.25, -0.2) is 0 Å². The number of halogens is 1. The summed E-state index contributed by atoms with van der Waals surface area (Å²) in [6, 6.07) is 3.90. The molecular weight excluding hydrogens is 258 g/mol. The Morgan fingerprint density at radius 1 is 1.53 bits per heavy atom. The van der Waals surface area contributed by atoms with Crippen LogP contribution in [-0.2, 0) is 6.54 Å². The number of nitrogens with two attached hydrogens (primary N) is 1. The van der Waals surface area contributed by atoms with Gasteiger partial charge in [-0.1, -0.05) is 15.9 Å². The summed E-state index contributed by atoms with van der Waals surface area (Å²) < 4.78 is 6.51. The summed E-state index contributed by atoms with van der Waals surface area (Å²) >= 11 is 3.41. The zero-order valence-corrected chi connectivity index (χ0v) is 10.5. The van der Waals surface area contributed by atoms with Crippen LogP contribution in [0, 0.1) is 6.92 Å². The van der Waals surface area contributed by atoms with Crippen LogP contribution in [-0.4, -0.2) is 17.8 Å². The molecule has 0 spiro atoms. The maximum absolute atomic E-state index is 9.16. The van der Waals surface area contributed by atoms with Gasteiger partial charge in [0.25, 0.3) is 0 Å². The molecule has 0 saturated carbocycles. The van der Waals surface area contributed by atoms with Crippen LogP contribution < -0.4 is 10.5 Å². The predicted molar refractivity (Wildman–Crippen MR) is 63.9 cm³/mol. The molecule has 0 aromatic heterocycles. The largest absolute Gasteiger partial charge is 0.490 e. The highest BCUT2D eigenvalue weighted by Gasteiger charge is 2.08. The Kier molecular flexibility index (Phi) is 4.57. The molecular formula is C11H16BrNO2. The molecule has 1 rings (SSSR count). The number of benzene rings is 1. The zero-order valence-electron chi connectivity index (χ0n) is 8.96. The first-order valence-electron chi connectivity index (χ1n) is 4.84. The Bertz CT molecular complexity index is 340. The van der Waals surface area contributed by atoms with Crippen LogP contribution >= 0.6 is 15.9 Å². The monoisotopic (exact) mass is 273 g/mol. The average Bonchev–Trinajstić information content (AvgIpc) is 2.14. The zero-order chi connectivity index (χ0) is 11.4. The van der Waals surface area contributed by atoms with Gasteiger partial charge in [0, 0.05) is 16.6 Å². The fourth-order valence-corrected chi connectivity index (χ4v) is 1.98. The van der Waals surface area contributed by atoms with Gasteiger partial charge in [0.05, 0.1) is 6.10 Å². The van der Waals surface area contributed by atoms with E-state index in [9.17, 15) is 0 Å². The molecule has 84 valence electrons. The van der Waals surface area contributed by atoms with Gasteiger partial charge in [0.1, 0.15) is 12.4 Å². The van der Waals surface area contributed by atoms with Gasteiger partial charge in [-0.05, 0) is 31.5 Å². The molecule has 0 amide bonds. The number of hydrogen-bond donors (Lipinski definition) is 2. The summed E-state index contributed by atoms with van der Waals surface area (Å²) in [5.74, 6) is 0.779. The van der Waals surface area contributed by atoms with Crippen molar-refractivity contribution in [1.29, 1.82) is 0 Å². The van der Waals surface area contributed by atoms with Crippen LogP contribution in [0.3, 0.4) is 0 Å². The summed E-state index contributed by atoms with van der Waals surface area (Å²) in [7, 11) is 0. The average molecular weight is 274 g/mol. The van der Waals surface area contributed by atoms with Crippen LogP contribution in [0.4, 0.5) is 0 Å². The molecule has 0 aliphatic carbocycles. The summed E-state index contributed by atoms with van der Waals surface area (Å²) in [5, 5.41) is 9.16. The lowest BCUT2D eigenvalue weighted by atomic mass is 10.1. The molecule has 1 aromatic rings. The second-order valence-electron chi connectivity index (χ2n) is 3.58. The van der Waals surface area contributed by atoms with Crippen molar-refractivity contribution in [3.8, 4) is 5.75 Å². The van der Waals surface area contributed by atoms with Crippen molar-refractivity contribution in [3.05, 3.63) is 27.7 Å². The second kappa shape index (κ2) is 5.49. The molecule has 1 unspecified atom stereocenters. The Balaban J connectivity index is 2.93. The van der Waals surface area contributed by atoms with E-state index in [0.717, 1.165) is 21.3 Å². The smallest absolute Gasteiger partial charge is 0.126 e. The van der Waals surface area contributed by atoms with Crippen molar-refractivity contribution in [1.82, 2.24) is 0 Å². The van der Waals surface area contributed by atoms with Gasteiger partial charge >= 0.3 is 0 Å². The standard InChI is InChI=1S/C11H16BrNO2/c1-7-3-10(12)4-9(5-13)11(7)15-6-8(2)14/h3-4,8,14H,5-6,13H2,1-2H3. The highest BCUT2D eigenvalue weighted by molar-refractivity contribution is 9.10. The van der Waals surface area contributed by atoms with Crippen LogP contribution in [0.1, 0.15) is 18.1 Å². The topological polar surface area (TPSA) is 55.5 Å². The fraction of sp³-hybridized carbons (Fsp3) is 0.455. The minimum atomic E-state index is -0.473. The molecule has 3 N–H and O–H groups in total. The molecule has 0 aliphatic heterocycles. The number of aliphatic hydroxyl groups is 1. The predicted octanol–water partition coefficient (Wildman–Crippen LogP) is 1.98. The van der Waals surface area contributed by atoms with Gasteiger partial charge in [-0.3, -0.25) is 0 Å². The van der Waals surface area contributed by atoms with Gasteiger partial charge in [-0.15, -0.1) is 0 Å². The van der Waals surface area contributed by atoms with Gasteiger partial charge in [0.2, 0.25) is 0 Å². The lowest BCUT2D eigenvalue weighted by Crippen LogP contribution is -2.15. The Morgan fingerprint density at radius 3 is 2.73 bits per heavy atom. The van der Waals surface area contributed by atoms with Crippen molar-refractivity contribution < 1.29 is 9.84 Å². The highest BCUT2D eigenvalue weighted by atomic mass is 79.9. The maximum Gasteiger partial charge on any atom is 0.126 e. The van der Waals surface area contributed by atoms with E-state index in [0.29, 0.717) is 6.54 Å². The normalized spacial score (nSPS) is 12.6. The third kappa shape index (κ3) is 3.48. The number of ether oxygens (including phenoxy) is 1. The van der Waals surface area contributed by atoms with E-state index in [1.54, 1.807) is 6.92 Å². The highest BCUT2D eigenvalue weighted by Crippen LogP contribution is 2.27. The molecule has 0 radical (unpaired) electrons. The summed E-state index contributed by atoms with van der Waals surface area (Å²) in [5.41, 5.74) is 7.60. The molecule has 0 aliphatic rings. The maximum atomic E-state index is 9.16. The third-order valence-corrected chi connectivity index (χ3v) is 2.46.